The van der Waals surface area contributed by atoms with Gasteiger partial charge in [-0.05, 0) is 19.1 Å². The minimum atomic E-state index is -3.20. The maximum Gasteiger partial charge on any atom is 0.208 e. The van der Waals surface area contributed by atoms with Gasteiger partial charge in [0.05, 0.1) is 23.0 Å². The van der Waals surface area contributed by atoms with Crippen LogP contribution < -0.4 is 4.72 Å². The molecule has 0 saturated heterocycles. The predicted octanol–water partition coefficient (Wildman–Crippen LogP) is 1.35. The van der Waals surface area contributed by atoms with E-state index in [1.165, 1.54) is 0 Å². The van der Waals surface area contributed by atoms with Crippen LogP contribution in [-0.2, 0) is 16.6 Å². The molecule has 0 atom stereocenters. The van der Waals surface area contributed by atoms with Gasteiger partial charge < -0.3 is 4.57 Å². The summed E-state index contributed by atoms with van der Waals surface area (Å²) >= 11 is 0. The minimum Gasteiger partial charge on any atom is -0.328 e. The van der Waals surface area contributed by atoms with Crippen LogP contribution in [0.5, 0.6) is 0 Å². The summed E-state index contributed by atoms with van der Waals surface area (Å²) in [6, 6.07) is 7.66. The van der Waals surface area contributed by atoms with Crippen LogP contribution in [0, 0.1) is 6.92 Å². The SMILES string of the molecule is Cc1nc2ccccc2nc1-c1nccn1CCNS(C)(=O)=O. The zero-order chi connectivity index (χ0) is 16.4. The van der Waals surface area contributed by atoms with E-state index in [-0.39, 0.29) is 0 Å². The molecule has 0 aliphatic rings. The summed E-state index contributed by atoms with van der Waals surface area (Å²) in [6.07, 6.45) is 4.61. The highest BCUT2D eigenvalue weighted by Crippen LogP contribution is 2.21. The van der Waals surface area contributed by atoms with Crippen LogP contribution in [0.4, 0.5) is 0 Å². The molecule has 0 aliphatic carbocycles. The molecule has 120 valence electrons. The number of rotatable bonds is 5. The number of hydrogen-bond acceptors (Lipinski definition) is 5. The van der Waals surface area contributed by atoms with Gasteiger partial charge in [0.1, 0.15) is 5.69 Å². The quantitative estimate of drug-likeness (QED) is 0.762. The van der Waals surface area contributed by atoms with E-state index in [0.717, 1.165) is 23.0 Å². The highest BCUT2D eigenvalue weighted by molar-refractivity contribution is 7.88. The molecule has 8 heteroatoms. The Morgan fingerprint density at radius 3 is 2.57 bits per heavy atom. The lowest BCUT2D eigenvalue weighted by atomic mass is 10.2. The van der Waals surface area contributed by atoms with Crippen molar-refractivity contribution in [2.24, 2.45) is 0 Å². The predicted molar refractivity (Wildman–Crippen MR) is 88.3 cm³/mol. The molecule has 2 heterocycles. The van der Waals surface area contributed by atoms with Crippen LogP contribution in [0.3, 0.4) is 0 Å². The number of aryl methyl sites for hydroxylation is 1. The topological polar surface area (TPSA) is 89.8 Å². The lowest BCUT2D eigenvalue weighted by Gasteiger charge is -2.10. The number of nitrogens with zero attached hydrogens (tertiary/aromatic N) is 4. The van der Waals surface area contributed by atoms with E-state index in [9.17, 15) is 8.42 Å². The fourth-order valence-corrected chi connectivity index (χ4v) is 2.82. The third-order valence-electron chi connectivity index (χ3n) is 3.39. The maximum absolute atomic E-state index is 11.2. The van der Waals surface area contributed by atoms with Gasteiger partial charge in [-0.15, -0.1) is 0 Å². The van der Waals surface area contributed by atoms with Gasteiger partial charge in [0.2, 0.25) is 10.0 Å². The first-order valence-electron chi connectivity index (χ1n) is 7.13. The molecule has 1 N–H and O–H groups in total. The van der Waals surface area contributed by atoms with Crippen LogP contribution in [0.25, 0.3) is 22.6 Å². The van der Waals surface area contributed by atoms with Gasteiger partial charge in [-0.3, -0.25) is 0 Å². The summed E-state index contributed by atoms with van der Waals surface area (Å²) in [5.41, 5.74) is 3.13. The Morgan fingerprint density at radius 1 is 1.17 bits per heavy atom. The highest BCUT2D eigenvalue weighted by atomic mass is 32.2. The van der Waals surface area contributed by atoms with Gasteiger partial charge in [0, 0.05) is 25.5 Å². The Hall–Kier alpha value is -2.32. The zero-order valence-corrected chi connectivity index (χ0v) is 13.7. The molecule has 0 saturated carbocycles. The van der Waals surface area contributed by atoms with Gasteiger partial charge in [-0.25, -0.2) is 28.1 Å². The summed E-state index contributed by atoms with van der Waals surface area (Å²) in [4.78, 5) is 13.6. The number of benzene rings is 1. The Kier molecular flexibility index (Phi) is 4.10. The fraction of sp³-hybridized carbons (Fsp3) is 0.267. The third-order valence-corrected chi connectivity index (χ3v) is 4.12. The first-order chi connectivity index (χ1) is 10.9. The van der Waals surface area contributed by atoms with Crippen molar-refractivity contribution in [2.45, 2.75) is 13.5 Å². The van der Waals surface area contributed by atoms with Crippen molar-refractivity contribution < 1.29 is 8.42 Å². The molecule has 7 nitrogen and oxygen atoms in total. The van der Waals surface area contributed by atoms with Crippen molar-refractivity contribution in [3.8, 4) is 11.5 Å². The van der Waals surface area contributed by atoms with E-state index in [0.29, 0.717) is 24.6 Å². The first kappa shape index (κ1) is 15.6. The van der Waals surface area contributed by atoms with Crippen LogP contribution in [0.2, 0.25) is 0 Å². The number of aromatic nitrogens is 4. The zero-order valence-electron chi connectivity index (χ0n) is 12.9. The second kappa shape index (κ2) is 6.05. The Morgan fingerprint density at radius 2 is 1.87 bits per heavy atom. The molecule has 0 fully saturated rings. The largest absolute Gasteiger partial charge is 0.328 e. The monoisotopic (exact) mass is 331 g/mol. The van der Waals surface area contributed by atoms with Crippen LogP contribution >= 0.6 is 0 Å². The molecule has 0 spiro atoms. The fourth-order valence-electron chi connectivity index (χ4n) is 2.36. The standard InChI is InChI=1S/C15H17N5O2S/c1-11-14(19-13-6-4-3-5-12(13)18-11)15-16-7-9-20(15)10-8-17-23(2,21)22/h3-7,9,17H,8,10H2,1-2H3. The van der Waals surface area contributed by atoms with Gasteiger partial charge in [-0.1, -0.05) is 12.1 Å². The molecule has 3 rings (SSSR count). The average molecular weight is 331 g/mol. The summed E-state index contributed by atoms with van der Waals surface area (Å²) in [5, 5.41) is 0. The summed E-state index contributed by atoms with van der Waals surface area (Å²) in [5.74, 6) is 0.677. The lowest BCUT2D eigenvalue weighted by Crippen LogP contribution is -2.26. The number of para-hydroxylation sites is 2. The van der Waals surface area contributed by atoms with Crippen molar-refractivity contribution in [3.63, 3.8) is 0 Å². The molecule has 0 amide bonds. The molecule has 1 aromatic carbocycles. The number of fused-ring (bicyclic) bond motifs is 1. The Bertz CT molecular complexity index is 949. The van der Waals surface area contributed by atoms with Crippen molar-refractivity contribution in [3.05, 3.63) is 42.4 Å². The molecular weight excluding hydrogens is 314 g/mol. The second-order valence-electron chi connectivity index (χ2n) is 5.26. The molecule has 0 unspecified atom stereocenters. The number of imidazole rings is 1. The molecule has 0 bridgehead atoms. The number of nitrogens with one attached hydrogen (secondary N) is 1. The van der Waals surface area contributed by atoms with Crippen molar-refractivity contribution in [1.29, 1.82) is 0 Å². The lowest BCUT2D eigenvalue weighted by molar-refractivity contribution is 0.579. The number of hydrogen-bond donors (Lipinski definition) is 1. The minimum absolute atomic E-state index is 0.294. The number of sulfonamides is 1. The van der Waals surface area contributed by atoms with Gasteiger partial charge >= 0.3 is 0 Å². The van der Waals surface area contributed by atoms with E-state index in [1.807, 2.05) is 35.8 Å². The molecule has 23 heavy (non-hydrogen) atoms. The van der Waals surface area contributed by atoms with Crippen LogP contribution in [0.1, 0.15) is 5.69 Å². The first-order valence-corrected chi connectivity index (χ1v) is 9.03. The highest BCUT2D eigenvalue weighted by Gasteiger charge is 2.13. The third kappa shape index (κ3) is 3.54. The van der Waals surface area contributed by atoms with Crippen molar-refractivity contribution in [1.82, 2.24) is 24.2 Å². The smallest absolute Gasteiger partial charge is 0.208 e. The molecule has 0 radical (unpaired) electrons. The summed E-state index contributed by atoms with van der Waals surface area (Å²) in [6.45, 7) is 2.65. The Labute approximate surface area is 134 Å². The molecule has 0 aliphatic heterocycles. The Balaban J connectivity index is 1.93. The van der Waals surface area contributed by atoms with E-state index >= 15 is 0 Å². The van der Waals surface area contributed by atoms with Gasteiger partial charge in [-0.2, -0.15) is 0 Å². The molecule has 2 aromatic heterocycles. The van der Waals surface area contributed by atoms with Gasteiger partial charge in [0.15, 0.2) is 5.82 Å². The van der Waals surface area contributed by atoms with E-state index in [2.05, 4.69) is 19.7 Å². The average Bonchev–Trinajstić information content (AvgIpc) is 2.93. The van der Waals surface area contributed by atoms with Gasteiger partial charge in [0.25, 0.3) is 0 Å². The van der Waals surface area contributed by atoms with E-state index < -0.39 is 10.0 Å². The molecule has 3 aromatic rings. The summed E-state index contributed by atoms with van der Waals surface area (Å²) in [7, 11) is -3.20. The van der Waals surface area contributed by atoms with Crippen LogP contribution in [-0.4, -0.2) is 40.7 Å². The maximum atomic E-state index is 11.2. The summed E-state index contributed by atoms with van der Waals surface area (Å²) < 4.78 is 26.6. The van der Waals surface area contributed by atoms with Crippen molar-refractivity contribution in [2.75, 3.05) is 12.8 Å². The van der Waals surface area contributed by atoms with Crippen molar-refractivity contribution >= 4 is 21.1 Å². The van der Waals surface area contributed by atoms with E-state index in [4.69, 9.17) is 0 Å². The second-order valence-corrected chi connectivity index (χ2v) is 7.09. The normalized spacial score (nSPS) is 11.9. The van der Waals surface area contributed by atoms with E-state index in [1.54, 1.807) is 12.4 Å². The van der Waals surface area contributed by atoms with Crippen LogP contribution in [0.15, 0.2) is 36.7 Å². The molecular formula is C15H17N5O2S.